The fourth-order valence-electron chi connectivity index (χ4n) is 4.16. The maximum absolute atomic E-state index is 10.2. The number of nitrogens with one attached hydrogen (secondary N) is 1. The first-order valence-corrected chi connectivity index (χ1v) is 9.63. The second kappa shape index (κ2) is 6.04. The molecule has 1 aliphatic carbocycles. The number of hydrogen-bond acceptors (Lipinski definition) is 3. The number of phenols is 1. The molecule has 2 N–H and O–H groups in total. The molecule has 4 heteroatoms. The molecular weight excluding hydrogens is 358 g/mol. The zero-order valence-corrected chi connectivity index (χ0v) is 15.6. The van der Waals surface area contributed by atoms with Crippen LogP contribution in [0.4, 0.5) is 0 Å². The summed E-state index contributed by atoms with van der Waals surface area (Å²) in [5, 5.41) is 10.2. The SMILES string of the molecule is Oc1ccccc1-c1nc2c(-c3ccc4c(n3)-c3ccccc3C4)cccc2[nH]1. The Morgan fingerprint density at radius 3 is 2.38 bits per heavy atom. The Hall–Kier alpha value is -3.92. The van der Waals surface area contributed by atoms with Crippen LogP contribution in [0.25, 0.3) is 44.9 Å². The smallest absolute Gasteiger partial charge is 0.142 e. The molecule has 2 heterocycles. The van der Waals surface area contributed by atoms with Gasteiger partial charge in [-0.15, -0.1) is 0 Å². The van der Waals surface area contributed by atoms with Gasteiger partial charge in [0, 0.05) is 17.5 Å². The minimum atomic E-state index is 0.209. The molecule has 29 heavy (non-hydrogen) atoms. The van der Waals surface area contributed by atoms with Crippen molar-refractivity contribution in [1.82, 2.24) is 15.0 Å². The number of aromatic nitrogens is 3. The predicted molar refractivity (Wildman–Crippen MR) is 115 cm³/mol. The third-order valence-corrected chi connectivity index (χ3v) is 5.58. The van der Waals surface area contributed by atoms with Crippen molar-refractivity contribution in [2.24, 2.45) is 0 Å². The van der Waals surface area contributed by atoms with E-state index in [1.807, 2.05) is 30.3 Å². The number of nitrogens with zero attached hydrogens (tertiary/aromatic N) is 2. The van der Waals surface area contributed by atoms with Crippen LogP contribution < -0.4 is 0 Å². The summed E-state index contributed by atoms with van der Waals surface area (Å²) in [5.74, 6) is 0.859. The van der Waals surface area contributed by atoms with Crippen molar-refractivity contribution in [3.05, 3.63) is 90.0 Å². The van der Waals surface area contributed by atoms with Crippen LogP contribution in [0.15, 0.2) is 78.9 Å². The number of pyridine rings is 1. The van der Waals surface area contributed by atoms with Crippen LogP contribution in [0.5, 0.6) is 5.75 Å². The average molecular weight is 375 g/mol. The number of fused-ring (bicyclic) bond motifs is 4. The minimum absolute atomic E-state index is 0.209. The summed E-state index contributed by atoms with van der Waals surface area (Å²) in [6.07, 6.45) is 0.933. The number of H-pyrrole nitrogens is 1. The van der Waals surface area contributed by atoms with E-state index in [0.29, 0.717) is 11.4 Å². The molecule has 0 spiro atoms. The Kier molecular flexibility index (Phi) is 3.35. The third kappa shape index (κ3) is 2.46. The summed E-state index contributed by atoms with van der Waals surface area (Å²) in [7, 11) is 0. The molecule has 0 amide bonds. The van der Waals surface area contributed by atoms with Gasteiger partial charge >= 0.3 is 0 Å². The van der Waals surface area contributed by atoms with E-state index in [1.165, 1.54) is 16.7 Å². The van der Waals surface area contributed by atoms with E-state index >= 15 is 0 Å². The van der Waals surface area contributed by atoms with Gasteiger partial charge in [0.15, 0.2) is 0 Å². The highest BCUT2D eigenvalue weighted by Crippen LogP contribution is 2.38. The van der Waals surface area contributed by atoms with Crippen LogP contribution in [0.2, 0.25) is 0 Å². The summed E-state index contributed by atoms with van der Waals surface area (Å²) < 4.78 is 0. The van der Waals surface area contributed by atoms with Crippen LogP contribution >= 0.6 is 0 Å². The lowest BCUT2D eigenvalue weighted by molar-refractivity contribution is 0.477. The first-order chi connectivity index (χ1) is 14.3. The lowest BCUT2D eigenvalue weighted by Gasteiger charge is -2.06. The molecular formula is C25H17N3O. The number of benzene rings is 3. The fraction of sp³-hybridized carbons (Fsp3) is 0.0400. The Balaban J connectivity index is 1.52. The standard InChI is InChI=1S/C25H17N3O/c29-22-11-4-3-8-19(22)25-27-21-10-5-9-18(24(21)28-25)20-13-12-16-14-15-6-1-2-7-17(15)23(16)26-20/h1-13,29H,14H2,(H,27,28). The average Bonchev–Trinajstić information content (AvgIpc) is 3.35. The molecule has 0 unspecified atom stereocenters. The summed E-state index contributed by atoms with van der Waals surface area (Å²) in [5.41, 5.74) is 9.21. The van der Waals surface area contributed by atoms with Crippen LogP contribution in [0, 0.1) is 0 Å². The van der Waals surface area contributed by atoms with Crippen molar-refractivity contribution in [1.29, 1.82) is 0 Å². The molecule has 4 nitrogen and oxygen atoms in total. The largest absolute Gasteiger partial charge is 0.507 e. The zero-order valence-electron chi connectivity index (χ0n) is 15.6. The van der Waals surface area contributed by atoms with Gasteiger partial charge in [0.2, 0.25) is 0 Å². The summed E-state index contributed by atoms with van der Waals surface area (Å²) in [4.78, 5) is 13.1. The number of hydrogen-bond donors (Lipinski definition) is 2. The molecule has 0 saturated heterocycles. The number of imidazole rings is 1. The molecule has 0 saturated carbocycles. The topological polar surface area (TPSA) is 61.8 Å². The highest BCUT2D eigenvalue weighted by molar-refractivity contribution is 5.93. The molecule has 0 aliphatic heterocycles. The fourth-order valence-corrected chi connectivity index (χ4v) is 4.16. The van der Waals surface area contributed by atoms with Gasteiger partial charge in [0.05, 0.1) is 28.0 Å². The Labute approximate surface area is 167 Å². The Bertz CT molecular complexity index is 1400. The van der Waals surface area contributed by atoms with Crippen LogP contribution in [-0.2, 0) is 6.42 Å². The Morgan fingerprint density at radius 1 is 0.690 bits per heavy atom. The van der Waals surface area contributed by atoms with Gasteiger partial charge in [-0.25, -0.2) is 9.97 Å². The molecule has 1 aliphatic rings. The number of phenolic OH excluding ortho intramolecular Hbond substituents is 1. The summed E-state index contributed by atoms with van der Waals surface area (Å²) in [6, 6.07) is 26.0. The molecule has 0 radical (unpaired) electrons. The normalized spacial score (nSPS) is 12.1. The van der Waals surface area contributed by atoms with E-state index in [2.05, 4.69) is 41.4 Å². The van der Waals surface area contributed by atoms with Gasteiger partial charge in [-0.3, -0.25) is 0 Å². The summed E-state index contributed by atoms with van der Waals surface area (Å²) >= 11 is 0. The number of aromatic hydroxyl groups is 1. The first-order valence-electron chi connectivity index (χ1n) is 9.63. The third-order valence-electron chi connectivity index (χ3n) is 5.58. The van der Waals surface area contributed by atoms with Gasteiger partial charge in [-0.05, 0) is 35.4 Å². The van der Waals surface area contributed by atoms with E-state index in [4.69, 9.17) is 9.97 Å². The van der Waals surface area contributed by atoms with Gasteiger partial charge in [-0.2, -0.15) is 0 Å². The highest BCUT2D eigenvalue weighted by atomic mass is 16.3. The van der Waals surface area contributed by atoms with Crippen molar-refractivity contribution in [2.45, 2.75) is 6.42 Å². The van der Waals surface area contributed by atoms with Crippen molar-refractivity contribution < 1.29 is 5.11 Å². The monoisotopic (exact) mass is 375 g/mol. The lowest BCUT2D eigenvalue weighted by atomic mass is 10.1. The van der Waals surface area contributed by atoms with Crippen LogP contribution in [-0.4, -0.2) is 20.1 Å². The van der Waals surface area contributed by atoms with E-state index < -0.39 is 0 Å². The Morgan fingerprint density at radius 2 is 1.48 bits per heavy atom. The first kappa shape index (κ1) is 16.1. The van der Waals surface area contributed by atoms with E-state index in [0.717, 1.165) is 34.4 Å². The van der Waals surface area contributed by atoms with Crippen LogP contribution in [0.1, 0.15) is 11.1 Å². The molecule has 5 aromatic rings. The van der Waals surface area contributed by atoms with Crippen molar-refractivity contribution in [3.63, 3.8) is 0 Å². The lowest BCUT2D eigenvalue weighted by Crippen LogP contribution is -1.90. The second-order valence-corrected chi connectivity index (χ2v) is 7.34. The van der Waals surface area contributed by atoms with E-state index in [9.17, 15) is 5.11 Å². The predicted octanol–water partition coefficient (Wildman–Crippen LogP) is 5.57. The maximum Gasteiger partial charge on any atom is 0.142 e. The molecule has 0 bridgehead atoms. The van der Waals surface area contributed by atoms with Gasteiger partial charge < -0.3 is 10.1 Å². The van der Waals surface area contributed by atoms with Gasteiger partial charge in [0.25, 0.3) is 0 Å². The zero-order chi connectivity index (χ0) is 19.4. The molecule has 138 valence electrons. The van der Waals surface area contributed by atoms with Crippen LogP contribution in [0.3, 0.4) is 0 Å². The number of rotatable bonds is 2. The number of para-hydroxylation sites is 2. The second-order valence-electron chi connectivity index (χ2n) is 7.34. The van der Waals surface area contributed by atoms with Crippen molar-refractivity contribution in [2.75, 3.05) is 0 Å². The van der Waals surface area contributed by atoms with E-state index in [1.54, 1.807) is 12.1 Å². The molecule has 0 fully saturated rings. The number of aromatic amines is 1. The molecule has 2 aromatic heterocycles. The van der Waals surface area contributed by atoms with E-state index in [-0.39, 0.29) is 5.75 Å². The molecule has 0 atom stereocenters. The summed E-state index contributed by atoms with van der Waals surface area (Å²) in [6.45, 7) is 0. The van der Waals surface area contributed by atoms with Gasteiger partial charge in [-0.1, -0.05) is 54.6 Å². The van der Waals surface area contributed by atoms with Gasteiger partial charge in [0.1, 0.15) is 11.6 Å². The minimum Gasteiger partial charge on any atom is -0.507 e. The highest BCUT2D eigenvalue weighted by Gasteiger charge is 2.21. The quantitative estimate of drug-likeness (QED) is 0.416. The molecule has 3 aromatic carbocycles. The van der Waals surface area contributed by atoms with Crippen molar-refractivity contribution in [3.8, 4) is 39.7 Å². The maximum atomic E-state index is 10.2. The van der Waals surface area contributed by atoms with Crippen molar-refractivity contribution >= 4 is 11.0 Å². The molecule has 6 rings (SSSR count).